The molecule has 0 saturated heterocycles. The highest BCUT2D eigenvalue weighted by atomic mass is 19.1. The summed E-state index contributed by atoms with van der Waals surface area (Å²) in [6.45, 7) is 4.94. The zero-order valence-corrected chi connectivity index (χ0v) is 14.8. The number of ketones is 1. The smallest absolute Gasteiger partial charge is 0.193 e. The van der Waals surface area contributed by atoms with Gasteiger partial charge in [-0.3, -0.25) is 4.79 Å². The van der Waals surface area contributed by atoms with E-state index in [1.54, 1.807) is 32.9 Å². The van der Waals surface area contributed by atoms with Gasteiger partial charge < -0.3 is 0 Å². The van der Waals surface area contributed by atoms with Crippen LogP contribution in [0, 0.1) is 38.2 Å². The first-order valence-corrected chi connectivity index (χ1v) is 8.07. The van der Waals surface area contributed by atoms with Crippen molar-refractivity contribution >= 4 is 5.78 Å². The summed E-state index contributed by atoms with van der Waals surface area (Å²) in [5, 5.41) is 0. The third kappa shape index (κ3) is 4.82. The molecule has 3 rings (SSSR count). The van der Waals surface area contributed by atoms with Crippen molar-refractivity contribution in [2.24, 2.45) is 0 Å². The highest BCUT2D eigenvalue weighted by Crippen LogP contribution is 2.16. The monoisotopic (exact) mass is 356 g/mol. The molecule has 0 unspecified atom stereocenters. The third-order valence-corrected chi connectivity index (χ3v) is 3.92. The Morgan fingerprint density at radius 1 is 0.615 bits per heavy atom. The Hall–Kier alpha value is -2.88. The van der Waals surface area contributed by atoms with E-state index >= 15 is 0 Å². The molecule has 0 N–H and O–H groups in total. The van der Waals surface area contributed by atoms with E-state index < -0.39 is 0 Å². The van der Waals surface area contributed by atoms with Gasteiger partial charge in [-0.1, -0.05) is 18.2 Å². The number of hydrogen-bond donors (Lipinski definition) is 0. The molecule has 0 saturated carbocycles. The van der Waals surface area contributed by atoms with Gasteiger partial charge in [0.05, 0.1) is 0 Å². The van der Waals surface area contributed by atoms with Crippen LogP contribution in [-0.4, -0.2) is 5.78 Å². The van der Waals surface area contributed by atoms with Gasteiger partial charge in [0.15, 0.2) is 5.78 Å². The number of hydrogen-bond acceptors (Lipinski definition) is 1. The molecule has 0 bridgehead atoms. The fraction of sp³-hybridized carbons (Fsp3) is 0.136. The van der Waals surface area contributed by atoms with Crippen molar-refractivity contribution in [3.05, 3.63) is 106 Å². The fourth-order valence-corrected chi connectivity index (χ4v) is 2.29. The maximum atomic E-state index is 13.1. The molecule has 0 aliphatic heterocycles. The Kier molecular flexibility index (Phi) is 6.34. The minimum atomic E-state index is -0.346. The summed E-state index contributed by atoms with van der Waals surface area (Å²) >= 11 is 0. The van der Waals surface area contributed by atoms with Crippen molar-refractivity contribution in [1.29, 1.82) is 0 Å². The van der Waals surface area contributed by atoms with Crippen molar-refractivity contribution in [3.63, 3.8) is 0 Å². The summed E-state index contributed by atoms with van der Waals surface area (Å²) in [6.07, 6.45) is 0. The first-order valence-electron chi connectivity index (χ1n) is 8.07. The van der Waals surface area contributed by atoms with Crippen molar-refractivity contribution in [2.75, 3.05) is 0 Å². The molecule has 0 aliphatic carbocycles. The molecule has 26 heavy (non-hydrogen) atoms. The Bertz CT molecular complexity index is 858. The van der Waals surface area contributed by atoms with Gasteiger partial charge in [-0.05, 0) is 79.9 Å². The van der Waals surface area contributed by atoms with E-state index in [9.17, 15) is 18.0 Å². The molecule has 0 aromatic heterocycles. The SMILES string of the molecule is Cc1cc(C(=O)c2ccc(F)c(C)c2)ccc1F.Cc1ccccc1F. The largest absolute Gasteiger partial charge is 0.289 e. The van der Waals surface area contributed by atoms with Crippen LogP contribution in [0.15, 0.2) is 60.7 Å². The summed E-state index contributed by atoms with van der Waals surface area (Å²) in [5.41, 5.74) is 2.34. The van der Waals surface area contributed by atoms with Crippen molar-refractivity contribution in [1.82, 2.24) is 0 Å². The van der Waals surface area contributed by atoms with E-state index in [4.69, 9.17) is 0 Å². The van der Waals surface area contributed by atoms with Gasteiger partial charge in [-0.15, -0.1) is 0 Å². The molecule has 3 aromatic carbocycles. The lowest BCUT2D eigenvalue weighted by Gasteiger charge is -2.05. The van der Waals surface area contributed by atoms with Crippen LogP contribution in [0.3, 0.4) is 0 Å². The second kappa shape index (κ2) is 8.48. The second-order valence-electron chi connectivity index (χ2n) is 6.01. The summed E-state index contributed by atoms with van der Waals surface area (Å²) < 4.78 is 38.6. The Morgan fingerprint density at radius 2 is 1.04 bits per heavy atom. The lowest BCUT2D eigenvalue weighted by Crippen LogP contribution is -2.03. The van der Waals surface area contributed by atoms with E-state index in [1.807, 2.05) is 6.07 Å². The molecule has 0 amide bonds. The average Bonchev–Trinajstić information content (AvgIpc) is 2.62. The van der Waals surface area contributed by atoms with Gasteiger partial charge in [-0.2, -0.15) is 0 Å². The topological polar surface area (TPSA) is 17.1 Å². The molecule has 4 heteroatoms. The summed E-state index contributed by atoms with van der Waals surface area (Å²) in [7, 11) is 0. The highest BCUT2D eigenvalue weighted by molar-refractivity contribution is 6.09. The molecule has 0 aliphatic rings. The molecule has 0 fully saturated rings. The van der Waals surface area contributed by atoms with Crippen LogP contribution in [0.25, 0.3) is 0 Å². The number of rotatable bonds is 2. The maximum Gasteiger partial charge on any atom is 0.193 e. The van der Waals surface area contributed by atoms with E-state index in [0.717, 1.165) is 0 Å². The van der Waals surface area contributed by atoms with Crippen molar-refractivity contribution in [3.8, 4) is 0 Å². The number of carbonyl (C=O) groups is 1. The maximum absolute atomic E-state index is 13.1. The van der Waals surface area contributed by atoms with Crippen molar-refractivity contribution < 1.29 is 18.0 Å². The Labute approximate surface area is 151 Å². The minimum absolute atomic E-state index is 0.132. The zero-order chi connectivity index (χ0) is 19.3. The molecular formula is C22H19F3O. The summed E-state index contributed by atoms with van der Waals surface area (Å²) in [5.74, 6) is -1.06. The number of carbonyl (C=O) groups excluding carboxylic acids is 1. The molecule has 0 heterocycles. The van der Waals surface area contributed by atoms with Gasteiger partial charge in [-0.25, -0.2) is 13.2 Å². The van der Waals surface area contributed by atoms with Gasteiger partial charge in [0.2, 0.25) is 0 Å². The van der Waals surface area contributed by atoms with Gasteiger partial charge >= 0.3 is 0 Å². The predicted octanol–water partition coefficient (Wildman–Crippen LogP) is 5.95. The number of halogens is 3. The normalized spacial score (nSPS) is 10.1. The summed E-state index contributed by atoms with van der Waals surface area (Å²) in [6, 6.07) is 15.1. The molecule has 0 spiro atoms. The highest BCUT2D eigenvalue weighted by Gasteiger charge is 2.11. The van der Waals surface area contributed by atoms with Crippen LogP contribution in [0.2, 0.25) is 0 Å². The number of aryl methyl sites for hydroxylation is 3. The van der Waals surface area contributed by atoms with E-state index in [-0.39, 0.29) is 23.2 Å². The second-order valence-corrected chi connectivity index (χ2v) is 6.01. The first kappa shape index (κ1) is 19.4. The predicted molar refractivity (Wildman–Crippen MR) is 96.8 cm³/mol. The van der Waals surface area contributed by atoms with Crippen LogP contribution >= 0.6 is 0 Å². The third-order valence-electron chi connectivity index (χ3n) is 3.92. The van der Waals surface area contributed by atoms with Crippen LogP contribution in [0.1, 0.15) is 32.6 Å². The first-order chi connectivity index (χ1) is 12.3. The van der Waals surface area contributed by atoms with E-state index in [2.05, 4.69) is 0 Å². The van der Waals surface area contributed by atoms with E-state index in [0.29, 0.717) is 27.8 Å². The number of benzene rings is 3. The Morgan fingerprint density at radius 3 is 1.38 bits per heavy atom. The molecule has 1 nitrogen and oxygen atoms in total. The quantitative estimate of drug-likeness (QED) is 0.519. The Balaban J connectivity index is 0.000000254. The van der Waals surface area contributed by atoms with Gasteiger partial charge in [0.1, 0.15) is 17.5 Å². The lowest BCUT2D eigenvalue weighted by molar-refractivity contribution is 0.103. The average molecular weight is 356 g/mol. The molecule has 0 atom stereocenters. The minimum Gasteiger partial charge on any atom is -0.289 e. The lowest BCUT2D eigenvalue weighted by atomic mass is 10.00. The molecule has 3 aromatic rings. The van der Waals surface area contributed by atoms with E-state index in [1.165, 1.54) is 42.5 Å². The van der Waals surface area contributed by atoms with Crippen molar-refractivity contribution in [2.45, 2.75) is 20.8 Å². The fourth-order valence-electron chi connectivity index (χ4n) is 2.29. The van der Waals surface area contributed by atoms with Crippen LogP contribution in [0.4, 0.5) is 13.2 Å². The zero-order valence-electron chi connectivity index (χ0n) is 14.8. The van der Waals surface area contributed by atoms with Gasteiger partial charge in [0.25, 0.3) is 0 Å². The molecular weight excluding hydrogens is 337 g/mol. The summed E-state index contributed by atoms with van der Waals surface area (Å²) in [4.78, 5) is 12.1. The van der Waals surface area contributed by atoms with Crippen LogP contribution in [0.5, 0.6) is 0 Å². The van der Waals surface area contributed by atoms with Gasteiger partial charge in [0, 0.05) is 11.1 Å². The molecule has 134 valence electrons. The standard InChI is InChI=1S/C15H12F2O.C7H7F/c1-9-7-11(3-5-13(9)16)15(18)12-4-6-14(17)10(2)8-12;1-6-4-2-3-5-7(6)8/h3-8H,1-2H3;2-5H,1H3. The van der Waals surface area contributed by atoms with Crippen LogP contribution in [-0.2, 0) is 0 Å². The van der Waals surface area contributed by atoms with Crippen LogP contribution < -0.4 is 0 Å². The molecule has 0 radical (unpaired) electrons.